The van der Waals surface area contributed by atoms with Gasteiger partial charge in [0.2, 0.25) is 0 Å². The first kappa shape index (κ1) is 15.9. The molecule has 0 unspecified atom stereocenters. The molecule has 5 heteroatoms. The predicted molar refractivity (Wildman–Crippen MR) is 85.6 cm³/mol. The van der Waals surface area contributed by atoms with Gasteiger partial charge in [-0.25, -0.2) is 4.39 Å². The molecular weight excluding hydrogens is 309 g/mol. The topological polar surface area (TPSA) is 57.6 Å². The Kier molecular flexibility index (Phi) is 4.41. The van der Waals surface area contributed by atoms with Crippen molar-refractivity contribution in [3.8, 4) is 11.8 Å². The Morgan fingerprint density at radius 2 is 1.71 bits per heavy atom. The van der Waals surface area contributed by atoms with E-state index >= 15 is 0 Å². The SMILES string of the molecule is O=C1c2ccccc2C(=O)N1Cc1ccc(F)cc1C#CCCO. The molecule has 2 aromatic rings. The maximum Gasteiger partial charge on any atom is 0.261 e. The van der Waals surface area contributed by atoms with E-state index in [2.05, 4.69) is 11.8 Å². The number of hydrogen-bond donors (Lipinski definition) is 1. The molecule has 0 aliphatic carbocycles. The second-order valence-electron chi connectivity index (χ2n) is 5.32. The molecule has 1 heterocycles. The maximum absolute atomic E-state index is 13.5. The Labute approximate surface area is 138 Å². The van der Waals surface area contributed by atoms with E-state index in [0.717, 1.165) is 4.90 Å². The molecule has 0 radical (unpaired) electrons. The molecule has 1 aliphatic heterocycles. The number of aliphatic hydroxyl groups excluding tert-OH is 1. The van der Waals surface area contributed by atoms with Gasteiger partial charge in [0, 0.05) is 12.0 Å². The molecule has 1 aliphatic rings. The van der Waals surface area contributed by atoms with Crippen LogP contribution in [0.2, 0.25) is 0 Å². The largest absolute Gasteiger partial charge is 0.395 e. The van der Waals surface area contributed by atoms with Crippen molar-refractivity contribution in [2.24, 2.45) is 0 Å². The minimum atomic E-state index is -0.450. The van der Waals surface area contributed by atoms with Crippen LogP contribution >= 0.6 is 0 Å². The lowest BCUT2D eigenvalue weighted by Crippen LogP contribution is -2.29. The van der Waals surface area contributed by atoms with Gasteiger partial charge in [-0.15, -0.1) is 0 Å². The van der Waals surface area contributed by atoms with E-state index in [0.29, 0.717) is 22.3 Å². The monoisotopic (exact) mass is 323 g/mol. The fourth-order valence-corrected chi connectivity index (χ4v) is 2.57. The van der Waals surface area contributed by atoms with Crippen molar-refractivity contribution >= 4 is 11.8 Å². The summed E-state index contributed by atoms with van der Waals surface area (Å²) in [6.45, 7) is -0.0637. The van der Waals surface area contributed by atoms with Gasteiger partial charge in [0.05, 0.1) is 24.3 Å². The van der Waals surface area contributed by atoms with Crippen molar-refractivity contribution in [2.75, 3.05) is 6.61 Å². The zero-order valence-electron chi connectivity index (χ0n) is 12.8. The van der Waals surface area contributed by atoms with Crippen molar-refractivity contribution in [1.29, 1.82) is 0 Å². The first-order valence-electron chi connectivity index (χ1n) is 7.45. The van der Waals surface area contributed by atoms with E-state index in [1.54, 1.807) is 24.3 Å². The van der Waals surface area contributed by atoms with Crippen LogP contribution in [0.3, 0.4) is 0 Å². The van der Waals surface area contributed by atoms with E-state index in [1.807, 2.05) is 0 Å². The summed E-state index contributed by atoms with van der Waals surface area (Å²) in [4.78, 5) is 26.0. The third-order valence-corrected chi connectivity index (χ3v) is 3.74. The Hall–Kier alpha value is -2.97. The molecular formula is C19H14FNO3. The van der Waals surface area contributed by atoms with Crippen LogP contribution in [0.15, 0.2) is 42.5 Å². The van der Waals surface area contributed by atoms with Gasteiger partial charge in [0.25, 0.3) is 11.8 Å². The van der Waals surface area contributed by atoms with E-state index < -0.39 is 5.82 Å². The predicted octanol–water partition coefficient (Wildman–Crippen LogP) is 2.36. The molecule has 2 aromatic carbocycles. The molecule has 0 saturated carbocycles. The van der Waals surface area contributed by atoms with Crippen molar-refractivity contribution in [3.05, 3.63) is 70.5 Å². The molecule has 4 nitrogen and oxygen atoms in total. The third kappa shape index (κ3) is 2.92. The van der Waals surface area contributed by atoms with Crippen LogP contribution in [0.25, 0.3) is 0 Å². The fraction of sp³-hybridized carbons (Fsp3) is 0.158. The highest BCUT2D eigenvalue weighted by Crippen LogP contribution is 2.25. The molecule has 0 bridgehead atoms. The number of amides is 2. The first-order chi connectivity index (χ1) is 11.6. The van der Waals surface area contributed by atoms with Crippen LogP contribution in [0, 0.1) is 17.7 Å². The van der Waals surface area contributed by atoms with Crippen molar-refractivity contribution < 1.29 is 19.1 Å². The van der Waals surface area contributed by atoms with Gasteiger partial charge in [-0.2, -0.15) is 0 Å². The van der Waals surface area contributed by atoms with Gasteiger partial charge in [-0.1, -0.05) is 30.0 Å². The summed E-state index contributed by atoms with van der Waals surface area (Å²) in [5.74, 6) is 4.33. The van der Waals surface area contributed by atoms with E-state index in [-0.39, 0.29) is 31.4 Å². The molecule has 2 amide bonds. The lowest BCUT2D eigenvalue weighted by atomic mass is 10.1. The zero-order valence-corrected chi connectivity index (χ0v) is 12.8. The summed E-state index contributed by atoms with van der Waals surface area (Å²) >= 11 is 0. The quantitative estimate of drug-likeness (QED) is 0.697. The van der Waals surface area contributed by atoms with Crippen molar-refractivity contribution in [3.63, 3.8) is 0 Å². The second kappa shape index (κ2) is 6.65. The molecule has 24 heavy (non-hydrogen) atoms. The van der Waals surface area contributed by atoms with Gasteiger partial charge < -0.3 is 5.11 Å². The molecule has 0 aromatic heterocycles. The number of rotatable bonds is 3. The van der Waals surface area contributed by atoms with Gasteiger partial charge in [0.1, 0.15) is 5.82 Å². The van der Waals surface area contributed by atoms with E-state index in [4.69, 9.17) is 5.11 Å². The van der Waals surface area contributed by atoms with Gasteiger partial charge >= 0.3 is 0 Å². The minimum absolute atomic E-state index is 0.0236. The van der Waals surface area contributed by atoms with Gasteiger partial charge in [0.15, 0.2) is 0 Å². The number of nitrogens with zero attached hydrogens (tertiary/aromatic N) is 1. The van der Waals surface area contributed by atoms with Crippen LogP contribution in [0.4, 0.5) is 4.39 Å². The third-order valence-electron chi connectivity index (χ3n) is 3.74. The standard InChI is InChI=1S/C19H14FNO3/c20-15-9-8-14(13(11-15)5-3-4-10-22)12-21-18(23)16-6-1-2-7-17(16)19(21)24/h1-2,6-9,11,22H,4,10,12H2. The average Bonchev–Trinajstić information content (AvgIpc) is 2.82. The van der Waals surface area contributed by atoms with Crippen LogP contribution in [-0.2, 0) is 6.54 Å². The summed E-state index contributed by atoms with van der Waals surface area (Å²) in [6.07, 6.45) is 0.267. The highest BCUT2D eigenvalue weighted by Gasteiger charge is 2.35. The lowest BCUT2D eigenvalue weighted by Gasteiger charge is -2.15. The summed E-state index contributed by atoms with van der Waals surface area (Å²) in [5.41, 5.74) is 1.73. The Bertz CT molecular complexity index is 845. The van der Waals surface area contributed by atoms with Gasteiger partial charge in [-0.05, 0) is 29.8 Å². The number of hydrogen-bond acceptors (Lipinski definition) is 3. The first-order valence-corrected chi connectivity index (χ1v) is 7.45. The molecule has 0 spiro atoms. The molecule has 0 fully saturated rings. The molecule has 120 valence electrons. The average molecular weight is 323 g/mol. The summed E-state index contributed by atoms with van der Waals surface area (Å²) in [5, 5.41) is 8.79. The normalized spacial score (nSPS) is 12.8. The Balaban J connectivity index is 1.92. The molecule has 0 saturated heterocycles. The number of halogens is 1. The summed E-state index contributed by atoms with van der Waals surface area (Å²) in [6, 6.07) is 10.7. The molecule has 3 rings (SSSR count). The minimum Gasteiger partial charge on any atom is -0.395 e. The fourth-order valence-electron chi connectivity index (χ4n) is 2.57. The number of benzene rings is 2. The maximum atomic E-state index is 13.5. The number of carbonyl (C=O) groups excluding carboxylic acids is 2. The van der Waals surface area contributed by atoms with Crippen molar-refractivity contribution in [1.82, 2.24) is 4.90 Å². The van der Waals surface area contributed by atoms with Crippen LogP contribution in [0.5, 0.6) is 0 Å². The number of imide groups is 1. The van der Waals surface area contributed by atoms with Crippen molar-refractivity contribution in [2.45, 2.75) is 13.0 Å². The lowest BCUT2D eigenvalue weighted by molar-refractivity contribution is 0.0642. The summed E-state index contributed by atoms with van der Waals surface area (Å²) < 4.78 is 13.5. The molecule has 1 N–H and O–H groups in total. The number of fused-ring (bicyclic) bond motifs is 1. The highest BCUT2D eigenvalue weighted by atomic mass is 19.1. The van der Waals surface area contributed by atoms with E-state index in [1.165, 1.54) is 18.2 Å². The Morgan fingerprint density at radius 1 is 1.04 bits per heavy atom. The second-order valence-corrected chi connectivity index (χ2v) is 5.32. The number of carbonyl (C=O) groups is 2. The van der Waals surface area contributed by atoms with Gasteiger partial charge in [-0.3, -0.25) is 14.5 Å². The number of aliphatic hydroxyl groups is 1. The Morgan fingerprint density at radius 3 is 2.33 bits per heavy atom. The summed E-state index contributed by atoms with van der Waals surface area (Å²) in [7, 11) is 0. The molecule has 0 atom stereocenters. The van der Waals surface area contributed by atoms with Crippen LogP contribution in [-0.4, -0.2) is 28.4 Å². The smallest absolute Gasteiger partial charge is 0.261 e. The zero-order chi connectivity index (χ0) is 17.1. The van der Waals surface area contributed by atoms with Crippen LogP contribution < -0.4 is 0 Å². The van der Waals surface area contributed by atoms with Crippen LogP contribution in [0.1, 0.15) is 38.3 Å². The highest BCUT2D eigenvalue weighted by molar-refractivity contribution is 6.21. The van der Waals surface area contributed by atoms with E-state index in [9.17, 15) is 14.0 Å².